The van der Waals surface area contributed by atoms with Crippen LogP contribution in [0.2, 0.25) is 0 Å². The summed E-state index contributed by atoms with van der Waals surface area (Å²) in [5.41, 5.74) is 2.42. The number of rotatable bonds is 4. The summed E-state index contributed by atoms with van der Waals surface area (Å²) < 4.78 is 3.14. The molecule has 0 aliphatic rings. The Morgan fingerprint density at radius 1 is 1.50 bits per heavy atom. The standard InChI is InChI=1S/C10H18BrN3/c1-7(2)10-9(11)8(5-6-12-3)13-14(10)4/h7,12H,5-6H2,1-4H3. The zero-order valence-corrected chi connectivity index (χ0v) is 10.8. The van der Waals surface area contributed by atoms with Gasteiger partial charge in [-0.15, -0.1) is 0 Å². The normalized spacial score (nSPS) is 11.3. The maximum Gasteiger partial charge on any atom is 0.0782 e. The summed E-state index contributed by atoms with van der Waals surface area (Å²) in [6.07, 6.45) is 0.970. The number of nitrogens with one attached hydrogen (secondary N) is 1. The number of aromatic nitrogens is 2. The van der Waals surface area contributed by atoms with E-state index in [9.17, 15) is 0 Å². The van der Waals surface area contributed by atoms with Crippen molar-refractivity contribution < 1.29 is 0 Å². The molecule has 0 fully saturated rings. The van der Waals surface area contributed by atoms with E-state index in [0.717, 1.165) is 18.7 Å². The monoisotopic (exact) mass is 259 g/mol. The molecule has 0 unspecified atom stereocenters. The Hall–Kier alpha value is -0.350. The fourth-order valence-corrected chi connectivity index (χ4v) is 2.59. The third-order valence-corrected chi connectivity index (χ3v) is 3.12. The molecule has 0 aromatic carbocycles. The first-order chi connectivity index (χ1) is 6.57. The van der Waals surface area contributed by atoms with E-state index >= 15 is 0 Å². The maximum atomic E-state index is 4.50. The topological polar surface area (TPSA) is 29.9 Å². The minimum absolute atomic E-state index is 0.505. The van der Waals surface area contributed by atoms with E-state index in [2.05, 4.69) is 40.2 Å². The molecule has 1 rings (SSSR count). The SMILES string of the molecule is CNCCc1nn(C)c(C(C)C)c1Br. The van der Waals surface area contributed by atoms with Gasteiger partial charge in [0.2, 0.25) is 0 Å². The minimum Gasteiger partial charge on any atom is -0.319 e. The molecule has 0 radical (unpaired) electrons. The number of hydrogen-bond acceptors (Lipinski definition) is 2. The number of halogens is 1. The molecule has 80 valence electrons. The molecular weight excluding hydrogens is 242 g/mol. The quantitative estimate of drug-likeness (QED) is 0.898. The molecule has 0 atom stereocenters. The summed E-state index contributed by atoms with van der Waals surface area (Å²) in [4.78, 5) is 0. The molecule has 0 saturated carbocycles. The second kappa shape index (κ2) is 4.94. The predicted octanol–water partition coefficient (Wildman–Crippen LogP) is 2.07. The van der Waals surface area contributed by atoms with Crippen molar-refractivity contribution in [1.29, 1.82) is 0 Å². The van der Waals surface area contributed by atoms with Crippen LogP contribution in [0.3, 0.4) is 0 Å². The van der Waals surface area contributed by atoms with Crippen molar-refractivity contribution in [2.24, 2.45) is 7.05 Å². The van der Waals surface area contributed by atoms with Gasteiger partial charge in [-0.05, 0) is 28.9 Å². The first-order valence-electron chi connectivity index (χ1n) is 4.93. The van der Waals surface area contributed by atoms with E-state index < -0.39 is 0 Å². The number of likely N-dealkylation sites (N-methyl/N-ethyl adjacent to an activating group) is 1. The molecule has 0 bridgehead atoms. The summed E-state index contributed by atoms with van der Waals surface area (Å²) in [6.45, 7) is 5.33. The van der Waals surface area contributed by atoms with Crippen LogP contribution in [0.15, 0.2) is 4.47 Å². The van der Waals surface area contributed by atoms with Crippen LogP contribution in [-0.2, 0) is 13.5 Å². The number of aryl methyl sites for hydroxylation is 1. The van der Waals surface area contributed by atoms with Crippen LogP contribution in [0.1, 0.15) is 31.2 Å². The highest BCUT2D eigenvalue weighted by Gasteiger charge is 2.15. The minimum atomic E-state index is 0.505. The van der Waals surface area contributed by atoms with Gasteiger partial charge in [0.05, 0.1) is 15.9 Å². The van der Waals surface area contributed by atoms with Crippen molar-refractivity contribution in [3.63, 3.8) is 0 Å². The van der Waals surface area contributed by atoms with Crippen molar-refractivity contribution >= 4 is 15.9 Å². The van der Waals surface area contributed by atoms with Gasteiger partial charge >= 0.3 is 0 Å². The van der Waals surface area contributed by atoms with Crippen molar-refractivity contribution in [2.75, 3.05) is 13.6 Å². The highest BCUT2D eigenvalue weighted by molar-refractivity contribution is 9.10. The van der Waals surface area contributed by atoms with Crippen molar-refractivity contribution in [2.45, 2.75) is 26.2 Å². The van der Waals surface area contributed by atoms with E-state index in [1.165, 1.54) is 10.2 Å². The Morgan fingerprint density at radius 3 is 2.57 bits per heavy atom. The maximum absolute atomic E-state index is 4.50. The second-order valence-electron chi connectivity index (χ2n) is 3.78. The van der Waals surface area contributed by atoms with Gasteiger partial charge in [0.25, 0.3) is 0 Å². The van der Waals surface area contributed by atoms with E-state index in [1.807, 2.05) is 18.8 Å². The van der Waals surface area contributed by atoms with Crippen molar-refractivity contribution in [3.05, 3.63) is 15.9 Å². The fourth-order valence-electron chi connectivity index (χ4n) is 1.60. The Bertz CT molecular complexity index is 305. The molecule has 1 aromatic heterocycles. The third-order valence-electron chi connectivity index (χ3n) is 2.26. The van der Waals surface area contributed by atoms with Crippen molar-refractivity contribution in [1.82, 2.24) is 15.1 Å². The third kappa shape index (κ3) is 2.36. The smallest absolute Gasteiger partial charge is 0.0782 e. The van der Waals surface area contributed by atoms with Crippen LogP contribution < -0.4 is 5.32 Å². The molecule has 14 heavy (non-hydrogen) atoms. The van der Waals surface area contributed by atoms with Gasteiger partial charge in [-0.3, -0.25) is 4.68 Å². The molecule has 3 nitrogen and oxygen atoms in total. The van der Waals surface area contributed by atoms with Gasteiger partial charge in [-0.2, -0.15) is 5.10 Å². The highest BCUT2D eigenvalue weighted by atomic mass is 79.9. The lowest BCUT2D eigenvalue weighted by molar-refractivity contribution is 0.656. The lowest BCUT2D eigenvalue weighted by Gasteiger charge is -2.05. The molecule has 0 amide bonds. The zero-order valence-electron chi connectivity index (χ0n) is 9.26. The van der Waals surface area contributed by atoms with Gasteiger partial charge in [-0.1, -0.05) is 13.8 Å². The molecule has 1 aromatic rings. The van der Waals surface area contributed by atoms with Crippen LogP contribution >= 0.6 is 15.9 Å². The van der Waals surface area contributed by atoms with Crippen LogP contribution in [0.25, 0.3) is 0 Å². The van der Waals surface area contributed by atoms with Crippen LogP contribution in [-0.4, -0.2) is 23.4 Å². The number of nitrogens with zero attached hydrogens (tertiary/aromatic N) is 2. The summed E-state index contributed by atoms with van der Waals surface area (Å²) in [6, 6.07) is 0. The Labute approximate surface area is 94.0 Å². The molecule has 0 aliphatic heterocycles. The average molecular weight is 260 g/mol. The van der Waals surface area contributed by atoms with Crippen LogP contribution in [0.4, 0.5) is 0 Å². The van der Waals surface area contributed by atoms with Gasteiger partial charge in [-0.25, -0.2) is 0 Å². The molecule has 1 N–H and O–H groups in total. The predicted molar refractivity (Wildman–Crippen MR) is 62.6 cm³/mol. The largest absolute Gasteiger partial charge is 0.319 e. The van der Waals surface area contributed by atoms with Gasteiger partial charge in [0.1, 0.15) is 0 Å². The van der Waals surface area contributed by atoms with E-state index in [0.29, 0.717) is 5.92 Å². The Kier molecular flexibility index (Phi) is 4.13. The average Bonchev–Trinajstić information content (AvgIpc) is 2.38. The highest BCUT2D eigenvalue weighted by Crippen LogP contribution is 2.27. The van der Waals surface area contributed by atoms with Gasteiger partial charge < -0.3 is 5.32 Å². The first-order valence-corrected chi connectivity index (χ1v) is 5.73. The van der Waals surface area contributed by atoms with E-state index in [-0.39, 0.29) is 0 Å². The zero-order chi connectivity index (χ0) is 10.7. The van der Waals surface area contributed by atoms with Gasteiger partial charge in [0.15, 0.2) is 0 Å². The van der Waals surface area contributed by atoms with Gasteiger partial charge in [0, 0.05) is 20.0 Å². The molecule has 0 aliphatic carbocycles. The molecule has 0 spiro atoms. The molecule has 4 heteroatoms. The van der Waals surface area contributed by atoms with E-state index in [4.69, 9.17) is 0 Å². The lowest BCUT2D eigenvalue weighted by Crippen LogP contribution is -2.11. The Morgan fingerprint density at radius 2 is 2.14 bits per heavy atom. The Balaban J connectivity index is 2.92. The van der Waals surface area contributed by atoms with Crippen LogP contribution in [0.5, 0.6) is 0 Å². The fraction of sp³-hybridized carbons (Fsp3) is 0.700. The molecular formula is C10H18BrN3. The van der Waals surface area contributed by atoms with Crippen LogP contribution in [0, 0.1) is 0 Å². The first kappa shape index (κ1) is 11.7. The summed E-state index contributed by atoms with van der Waals surface area (Å²) >= 11 is 3.62. The summed E-state index contributed by atoms with van der Waals surface area (Å²) in [5.74, 6) is 0.505. The summed E-state index contributed by atoms with van der Waals surface area (Å²) in [5, 5.41) is 7.63. The second-order valence-corrected chi connectivity index (χ2v) is 4.57. The summed E-state index contributed by atoms with van der Waals surface area (Å²) in [7, 11) is 3.96. The van der Waals surface area contributed by atoms with Crippen molar-refractivity contribution in [3.8, 4) is 0 Å². The molecule has 0 saturated heterocycles. The van der Waals surface area contributed by atoms with E-state index in [1.54, 1.807) is 0 Å². The number of hydrogen-bond donors (Lipinski definition) is 1. The lowest BCUT2D eigenvalue weighted by atomic mass is 10.1. The molecule has 1 heterocycles.